The first kappa shape index (κ1) is 23.6. The van der Waals surface area contributed by atoms with Gasteiger partial charge in [-0.05, 0) is 75.7 Å². The van der Waals surface area contributed by atoms with Crippen LogP contribution in [0.15, 0.2) is 57.9 Å². The van der Waals surface area contributed by atoms with E-state index in [9.17, 15) is 10.1 Å². The van der Waals surface area contributed by atoms with E-state index in [1.165, 1.54) is 0 Å². The lowest BCUT2D eigenvalue weighted by molar-refractivity contribution is 0.225. The van der Waals surface area contributed by atoms with Gasteiger partial charge < -0.3 is 9.15 Å². The maximum absolute atomic E-state index is 13.5. The smallest absolute Gasteiger partial charge is 0.196 e. The van der Waals surface area contributed by atoms with E-state index < -0.39 is 6.10 Å². The first-order valence-electron chi connectivity index (χ1n) is 11.6. The molecule has 0 aliphatic heterocycles. The van der Waals surface area contributed by atoms with Gasteiger partial charge in [0, 0.05) is 34.8 Å². The van der Waals surface area contributed by atoms with Crippen LogP contribution in [0.2, 0.25) is 5.15 Å². The van der Waals surface area contributed by atoms with Gasteiger partial charge in [0.1, 0.15) is 28.7 Å². The molecule has 0 bridgehead atoms. The zero-order valence-corrected chi connectivity index (χ0v) is 21.1. The summed E-state index contributed by atoms with van der Waals surface area (Å²) < 4.78 is 14.4. The van der Waals surface area contributed by atoms with Gasteiger partial charge in [-0.25, -0.2) is 4.98 Å². The summed E-state index contributed by atoms with van der Waals surface area (Å²) in [5, 5.41) is 15.6. The Kier molecular flexibility index (Phi) is 5.99. The molecule has 5 aromatic rings. The van der Waals surface area contributed by atoms with Gasteiger partial charge in [0.15, 0.2) is 16.9 Å². The first-order chi connectivity index (χ1) is 17.3. The Hall–Kier alpha value is -4.15. The number of hydrogen-bond acceptors (Lipinski definition) is 6. The molecule has 0 aliphatic carbocycles. The fourth-order valence-electron chi connectivity index (χ4n) is 4.38. The van der Waals surface area contributed by atoms with Crippen LogP contribution in [0.1, 0.15) is 42.3 Å². The van der Waals surface area contributed by atoms with Crippen molar-refractivity contribution in [1.82, 2.24) is 14.8 Å². The van der Waals surface area contributed by atoms with Crippen molar-refractivity contribution in [3.05, 3.63) is 86.4 Å². The summed E-state index contributed by atoms with van der Waals surface area (Å²) in [6.07, 6.45) is 1.44. The number of aryl methyl sites for hydroxylation is 2. The van der Waals surface area contributed by atoms with E-state index in [1.54, 1.807) is 19.1 Å². The Morgan fingerprint density at radius 1 is 1.19 bits per heavy atom. The molecule has 0 fully saturated rings. The lowest BCUT2D eigenvalue weighted by atomic mass is 9.99. The number of benzene rings is 2. The van der Waals surface area contributed by atoms with E-state index in [4.69, 9.17) is 20.8 Å². The molecule has 3 heterocycles. The van der Waals surface area contributed by atoms with Crippen LogP contribution in [0, 0.1) is 25.2 Å². The largest absolute Gasteiger partial charge is 0.483 e. The molecule has 36 heavy (non-hydrogen) atoms. The highest BCUT2D eigenvalue weighted by Crippen LogP contribution is 2.34. The molecule has 180 valence electrons. The number of halogens is 1. The number of hydrogen-bond donors (Lipinski definition) is 0. The van der Waals surface area contributed by atoms with E-state index in [1.807, 2.05) is 68.1 Å². The van der Waals surface area contributed by atoms with Gasteiger partial charge >= 0.3 is 0 Å². The molecule has 2 aromatic carbocycles. The lowest BCUT2D eigenvalue weighted by Crippen LogP contribution is -2.11. The van der Waals surface area contributed by atoms with Crippen molar-refractivity contribution < 1.29 is 9.15 Å². The standard InChI is InChI=1S/C28H23ClN4O3/c1-5-33-14-19-12-18(6-7-22(19)32-33)27-16(3)26(34)21-11-15(2)10-20(28(21)36-27)17(4)35-24-8-9-25(29)31-23(24)13-30/h6-12,14,17H,5H2,1-4H3/t17-/m1/s1. The van der Waals surface area contributed by atoms with Crippen LogP contribution in [0.25, 0.3) is 33.2 Å². The van der Waals surface area contributed by atoms with E-state index >= 15 is 0 Å². The van der Waals surface area contributed by atoms with Crippen LogP contribution in [-0.2, 0) is 6.54 Å². The van der Waals surface area contributed by atoms with Crippen molar-refractivity contribution in [2.45, 2.75) is 40.3 Å². The maximum atomic E-state index is 13.5. The third-order valence-corrected chi connectivity index (χ3v) is 6.41. The highest BCUT2D eigenvalue weighted by molar-refractivity contribution is 6.29. The molecule has 8 heteroatoms. The molecule has 0 N–H and O–H groups in total. The minimum Gasteiger partial charge on any atom is -0.483 e. The minimum atomic E-state index is -0.536. The topological polar surface area (TPSA) is 93.9 Å². The molecule has 0 radical (unpaired) electrons. The second-order valence-electron chi connectivity index (χ2n) is 8.73. The van der Waals surface area contributed by atoms with Crippen LogP contribution in [0.3, 0.4) is 0 Å². The average molecular weight is 499 g/mol. The van der Waals surface area contributed by atoms with Crippen molar-refractivity contribution >= 4 is 33.5 Å². The number of ether oxygens (including phenoxy) is 1. The van der Waals surface area contributed by atoms with Gasteiger partial charge in [-0.3, -0.25) is 9.48 Å². The number of fused-ring (bicyclic) bond motifs is 2. The molecule has 0 unspecified atom stereocenters. The quantitative estimate of drug-likeness (QED) is 0.256. The van der Waals surface area contributed by atoms with Crippen molar-refractivity contribution in [2.24, 2.45) is 0 Å². The van der Waals surface area contributed by atoms with Crippen molar-refractivity contribution in [3.8, 4) is 23.1 Å². The second-order valence-corrected chi connectivity index (χ2v) is 9.11. The third kappa shape index (κ3) is 4.10. The number of pyridine rings is 1. The average Bonchev–Trinajstić information content (AvgIpc) is 3.29. The monoisotopic (exact) mass is 498 g/mol. The lowest BCUT2D eigenvalue weighted by Gasteiger charge is -2.18. The molecule has 5 rings (SSSR count). The van der Waals surface area contributed by atoms with E-state index in [0.29, 0.717) is 33.6 Å². The number of nitriles is 1. The van der Waals surface area contributed by atoms with Gasteiger partial charge in [0.2, 0.25) is 0 Å². The Labute approximate surface area is 212 Å². The molecule has 0 spiro atoms. The van der Waals surface area contributed by atoms with Crippen molar-refractivity contribution in [2.75, 3.05) is 0 Å². The van der Waals surface area contributed by atoms with Gasteiger partial charge in [-0.15, -0.1) is 0 Å². The Morgan fingerprint density at radius 3 is 2.75 bits per heavy atom. The summed E-state index contributed by atoms with van der Waals surface area (Å²) in [7, 11) is 0. The summed E-state index contributed by atoms with van der Waals surface area (Å²) in [6, 6.07) is 14.8. The Morgan fingerprint density at radius 2 is 2.00 bits per heavy atom. The molecule has 3 aromatic heterocycles. The van der Waals surface area contributed by atoms with Gasteiger partial charge in [-0.1, -0.05) is 11.6 Å². The van der Waals surface area contributed by atoms with Crippen LogP contribution in [0.5, 0.6) is 5.75 Å². The van der Waals surface area contributed by atoms with Crippen LogP contribution < -0.4 is 10.2 Å². The molecule has 0 saturated heterocycles. The van der Waals surface area contributed by atoms with Crippen molar-refractivity contribution in [3.63, 3.8) is 0 Å². The number of aromatic nitrogens is 3. The normalized spacial score (nSPS) is 12.1. The summed E-state index contributed by atoms with van der Waals surface area (Å²) in [4.78, 5) is 17.5. The molecule has 1 atom stereocenters. The second kappa shape index (κ2) is 9.14. The van der Waals surface area contributed by atoms with E-state index in [-0.39, 0.29) is 16.3 Å². The first-order valence-corrected chi connectivity index (χ1v) is 12.0. The van der Waals surface area contributed by atoms with Gasteiger partial charge in [0.05, 0.1) is 10.9 Å². The zero-order valence-electron chi connectivity index (χ0n) is 20.3. The number of nitrogens with zero attached hydrogens (tertiary/aromatic N) is 4. The fraction of sp³-hybridized carbons (Fsp3) is 0.214. The molecule has 0 aliphatic rings. The SMILES string of the molecule is CCn1cc2cc(-c3oc4c([C@@H](C)Oc5ccc(Cl)nc5C#N)cc(C)cc4c(=O)c3C)ccc2n1. The van der Waals surface area contributed by atoms with Gasteiger partial charge in [0.25, 0.3) is 0 Å². The summed E-state index contributed by atoms with van der Waals surface area (Å²) in [5.41, 5.74) is 4.24. The zero-order chi connectivity index (χ0) is 25.6. The van der Waals surface area contributed by atoms with Crippen molar-refractivity contribution in [1.29, 1.82) is 5.26 Å². The highest BCUT2D eigenvalue weighted by Gasteiger charge is 2.21. The van der Waals surface area contributed by atoms with Crippen LogP contribution in [-0.4, -0.2) is 14.8 Å². The van der Waals surface area contributed by atoms with E-state index in [0.717, 1.165) is 28.6 Å². The molecule has 0 saturated carbocycles. The summed E-state index contributed by atoms with van der Waals surface area (Å²) in [5.74, 6) is 0.805. The third-order valence-electron chi connectivity index (χ3n) is 6.20. The summed E-state index contributed by atoms with van der Waals surface area (Å²) in [6.45, 7) is 8.34. The van der Waals surface area contributed by atoms with Gasteiger partial charge in [-0.2, -0.15) is 10.4 Å². The molecule has 7 nitrogen and oxygen atoms in total. The summed E-state index contributed by atoms with van der Waals surface area (Å²) >= 11 is 5.93. The highest BCUT2D eigenvalue weighted by atomic mass is 35.5. The maximum Gasteiger partial charge on any atom is 0.196 e. The molecular formula is C28H23ClN4O3. The molecule has 0 amide bonds. The Balaban J connectivity index is 1.66. The predicted molar refractivity (Wildman–Crippen MR) is 139 cm³/mol. The Bertz CT molecular complexity index is 1750. The molecular weight excluding hydrogens is 476 g/mol. The van der Waals surface area contributed by atoms with Crippen LogP contribution in [0.4, 0.5) is 0 Å². The fourth-order valence-corrected chi connectivity index (χ4v) is 4.52. The van der Waals surface area contributed by atoms with E-state index in [2.05, 4.69) is 10.1 Å². The predicted octanol–water partition coefficient (Wildman–Crippen LogP) is 6.51. The van der Waals surface area contributed by atoms with Crippen LogP contribution >= 0.6 is 11.6 Å². The minimum absolute atomic E-state index is 0.0882. The number of rotatable bonds is 5.